The fraction of sp³-hybridized carbons (Fsp3) is 0.188. The molecule has 92 valence electrons. The van der Waals surface area contributed by atoms with Crippen LogP contribution in [0.1, 0.15) is 16.7 Å². The van der Waals surface area contributed by atoms with Gasteiger partial charge in [0.25, 0.3) is 0 Å². The third-order valence-corrected chi connectivity index (χ3v) is 3.30. The SMILES string of the molecule is Cc1cccc(CC(=S)Cc2cccc(Cl)c2)c1. The topological polar surface area (TPSA) is 0 Å². The van der Waals surface area contributed by atoms with Gasteiger partial charge in [0, 0.05) is 22.7 Å². The molecule has 2 heteroatoms. The molecular formula is C16H15ClS. The third-order valence-electron chi connectivity index (χ3n) is 2.77. The molecule has 0 spiro atoms. The first-order chi connectivity index (χ1) is 8.63. The van der Waals surface area contributed by atoms with Gasteiger partial charge in [-0.15, -0.1) is 0 Å². The summed E-state index contributed by atoms with van der Waals surface area (Å²) >= 11 is 11.4. The van der Waals surface area contributed by atoms with E-state index >= 15 is 0 Å². The van der Waals surface area contributed by atoms with Gasteiger partial charge < -0.3 is 0 Å². The Balaban J connectivity index is 2.01. The summed E-state index contributed by atoms with van der Waals surface area (Å²) in [5.41, 5.74) is 3.74. The lowest BCUT2D eigenvalue weighted by atomic mass is 10.0. The molecule has 2 aromatic rings. The molecule has 0 saturated heterocycles. The Hall–Kier alpha value is -1.18. The van der Waals surface area contributed by atoms with Gasteiger partial charge in [0.05, 0.1) is 0 Å². The van der Waals surface area contributed by atoms with Crippen molar-refractivity contribution in [2.45, 2.75) is 19.8 Å². The number of benzene rings is 2. The second-order valence-corrected chi connectivity index (χ2v) is 5.52. The van der Waals surface area contributed by atoms with Crippen molar-refractivity contribution in [3.05, 3.63) is 70.2 Å². The summed E-state index contributed by atoms with van der Waals surface area (Å²) in [5.74, 6) is 0. The molecule has 2 aromatic carbocycles. The lowest BCUT2D eigenvalue weighted by Gasteiger charge is -2.06. The Morgan fingerprint density at radius 2 is 1.61 bits per heavy atom. The Bertz CT molecular complexity index is 511. The third kappa shape index (κ3) is 3.94. The number of hydrogen-bond acceptors (Lipinski definition) is 1. The van der Waals surface area contributed by atoms with Crippen LogP contribution in [0, 0.1) is 6.92 Å². The second kappa shape index (κ2) is 6.12. The standard InChI is InChI=1S/C16H15ClS/c1-12-4-2-5-13(8-12)10-16(18)11-14-6-3-7-15(17)9-14/h2-9H,10-11H2,1H3. The van der Waals surface area contributed by atoms with E-state index in [1.807, 2.05) is 18.2 Å². The van der Waals surface area contributed by atoms with Crippen LogP contribution in [-0.2, 0) is 12.8 Å². The zero-order valence-corrected chi connectivity index (χ0v) is 11.9. The summed E-state index contributed by atoms with van der Waals surface area (Å²) in [6, 6.07) is 16.4. The first kappa shape index (κ1) is 13.3. The second-order valence-electron chi connectivity index (χ2n) is 4.51. The van der Waals surface area contributed by atoms with Gasteiger partial charge in [-0.2, -0.15) is 0 Å². The Kier molecular flexibility index (Phi) is 4.51. The predicted molar refractivity (Wildman–Crippen MR) is 82.6 cm³/mol. The summed E-state index contributed by atoms with van der Waals surface area (Å²) < 4.78 is 0. The monoisotopic (exact) mass is 274 g/mol. The molecule has 18 heavy (non-hydrogen) atoms. The van der Waals surface area contributed by atoms with Crippen LogP contribution in [-0.4, -0.2) is 4.86 Å². The Morgan fingerprint density at radius 3 is 2.22 bits per heavy atom. The summed E-state index contributed by atoms with van der Waals surface area (Å²) in [4.78, 5) is 1.04. The number of aryl methyl sites for hydroxylation is 1. The van der Waals surface area contributed by atoms with E-state index in [2.05, 4.69) is 37.3 Å². The van der Waals surface area contributed by atoms with Crippen molar-refractivity contribution in [3.63, 3.8) is 0 Å². The molecule has 0 fully saturated rings. The first-order valence-corrected chi connectivity index (χ1v) is 6.74. The van der Waals surface area contributed by atoms with E-state index in [0.717, 1.165) is 22.7 Å². The van der Waals surface area contributed by atoms with E-state index in [1.165, 1.54) is 16.7 Å². The number of halogens is 1. The molecule has 0 aliphatic rings. The van der Waals surface area contributed by atoms with E-state index in [4.69, 9.17) is 23.8 Å². The minimum atomic E-state index is 0.769. The van der Waals surface area contributed by atoms with Crippen molar-refractivity contribution < 1.29 is 0 Å². The van der Waals surface area contributed by atoms with Crippen LogP contribution in [0.25, 0.3) is 0 Å². The quantitative estimate of drug-likeness (QED) is 0.722. The van der Waals surface area contributed by atoms with Crippen LogP contribution in [0.5, 0.6) is 0 Å². The molecule has 0 aromatic heterocycles. The summed E-state index contributed by atoms with van der Waals surface area (Å²) in [7, 11) is 0. The highest BCUT2D eigenvalue weighted by Gasteiger charge is 2.02. The molecule has 0 nitrogen and oxygen atoms in total. The van der Waals surface area contributed by atoms with Gasteiger partial charge in [-0.05, 0) is 30.2 Å². The molecule has 2 rings (SSSR count). The molecule has 0 aliphatic heterocycles. The van der Waals surface area contributed by atoms with Gasteiger partial charge >= 0.3 is 0 Å². The van der Waals surface area contributed by atoms with Gasteiger partial charge in [0.15, 0.2) is 0 Å². The molecule has 0 radical (unpaired) electrons. The highest BCUT2D eigenvalue weighted by Crippen LogP contribution is 2.13. The van der Waals surface area contributed by atoms with Crippen LogP contribution < -0.4 is 0 Å². The maximum Gasteiger partial charge on any atom is 0.0408 e. The molecular weight excluding hydrogens is 260 g/mol. The molecule has 0 atom stereocenters. The van der Waals surface area contributed by atoms with Gasteiger partial charge in [-0.25, -0.2) is 0 Å². The zero-order valence-electron chi connectivity index (χ0n) is 10.3. The van der Waals surface area contributed by atoms with Crippen LogP contribution in [0.15, 0.2) is 48.5 Å². The summed E-state index contributed by atoms with van der Waals surface area (Å²) in [5, 5.41) is 0.769. The van der Waals surface area contributed by atoms with Crippen molar-refractivity contribution in [1.82, 2.24) is 0 Å². The number of thiocarbonyl (C=S) groups is 1. The van der Waals surface area contributed by atoms with Crippen molar-refractivity contribution in [2.24, 2.45) is 0 Å². The van der Waals surface area contributed by atoms with Crippen molar-refractivity contribution in [3.8, 4) is 0 Å². The van der Waals surface area contributed by atoms with Crippen molar-refractivity contribution in [1.29, 1.82) is 0 Å². The van der Waals surface area contributed by atoms with E-state index in [9.17, 15) is 0 Å². The lowest BCUT2D eigenvalue weighted by molar-refractivity contribution is 1.24. The largest absolute Gasteiger partial charge is 0.0890 e. The van der Waals surface area contributed by atoms with Crippen LogP contribution in [0.3, 0.4) is 0 Å². The molecule has 0 unspecified atom stereocenters. The van der Waals surface area contributed by atoms with Crippen molar-refractivity contribution >= 4 is 28.7 Å². The minimum Gasteiger partial charge on any atom is -0.0890 e. The van der Waals surface area contributed by atoms with E-state index < -0.39 is 0 Å². The van der Waals surface area contributed by atoms with E-state index in [1.54, 1.807) is 0 Å². The molecule has 0 N–H and O–H groups in total. The fourth-order valence-electron chi connectivity index (χ4n) is 1.99. The number of rotatable bonds is 4. The average molecular weight is 275 g/mol. The van der Waals surface area contributed by atoms with E-state index in [0.29, 0.717) is 0 Å². The normalized spacial score (nSPS) is 10.3. The van der Waals surface area contributed by atoms with Crippen LogP contribution in [0.2, 0.25) is 5.02 Å². The van der Waals surface area contributed by atoms with Crippen molar-refractivity contribution in [2.75, 3.05) is 0 Å². The molecule has 0 saturated carbocycles. The highest BCUT2D eigenvalue weighted by atomic mass is 35.5. The average Bonchev–Trinajstić information content (AvgIpc) is 2.28. The highest BCUT2D eigenvalue weighted by molar-refractivity contribution is 7.80. The van der Waals surface area contributed by atoms with Gasteiger partial charge in [0.2, 0.25) is 0 Å². The molecule has 0 heterocycles. The first-order valence-electron chi connectivity index (χ1n) is 5.95. The van der Waals surface area contributed by atoms with Gasteiger partial charge in [-0.1, -0.05) is 65.8 Å². The number of hydrogen-bond donors (Lipinski definition) is 0. The Labute approximate surface area is 119 Å². The molecule has 0 bridgehead atoms. The maximum absolute atomic E-state index is 5.97. The Morgan fingerprint density at radius 1 is 1.00 bits per heavy atom. The lowest BCUT2D eigenvalue weighted by Crippen LogP contribution is -2.04. The summed E-state index contributed by atoms with van der Waals surface area (Å²) in [6.07, 6.45) is 1.66. The zero-order chi connectivity index (χ0) is 13.0. The smallest absolute Gasteiger partial charge is 0.0408 e. The van der Waals surface area contributed by atoms with Gasteiger partial charge in [0.1, 0.15) is 0 Å². The van der Waals surface area contributed by atoms with Crippen LogP contribution in [0.4, 0.5) is 0 Å². The van der Waals surface area contributed by atoms with Gasteiger partial charge in [-0.3, -0.25) is 0 Å². The van der Waals surface area contributed by atoms with Crippen LogP contribution >= 0.6 is 23.8 Å². The fourth-order valence-corrected chi connectivity index (χ4v) is 2.53. The molecule has 0 aliphatic carbocycles. The minimum absolute atomic E-state index is 0.769. The maximum atomic E-state index is 5.97. The van der Waals surface area contributed by atoms with E-state index in [-0.39, 0.29) is 0 Å². The predicted octanol–water partition coefficient (Wildman–Crippen LogP) is 4.80. The summed E-state index contributed by atoms with van der Waals surface area (Å²) in [6.45, 7) is 2.10. The molecule has 0 amide bonds.